The van der Waals surface area contributed by atoms with Gasteiger partial charge in [-0.25, -0.2) is 13.8 Å². The largest absolute Gasteiger partial charge is 0.440 e. The molecule has 0 aliphatic heterocycles. The van der Waals surface area contributed by atoms with Crippen molar-refractivity contribution in [2.75, 3.05) is 13.1 Å². The fourth-order valence-electron chi connectivity index (χ4n) is 1.83. The van der Waals surface area contributed by atoms with Crippen molar-refractivity contribution in [3.05, 3.63) is 41.4 Å². The molecule has 0 spiro atoms. The second-order valence-corrected chi connectivity index (χ2v) is 7.12. The minimum absolute atomic E-state index is 0.343. The first kappa shape index (κ1) is 19.7. The average Bonchev–Trinajstić information content (AvgIpc) is 3.07. The monoisotopic (exact) mass is 389 g/mol. The molecule has 136 valence electrons. The molecule has 25 heavy (non-hydrogen) atoms. The Balaban J connectivity index is 1.85. The van der Waals surface area contributed by atoms with Crippen LogP contribution in [0.15, 0.2) is 34.9 Å². The average molecular weight is 390 g/mol. The van der Waals surface area contributed by atoms with Crippen molar-refractivity contribution in [2.45, 2.75) is 23.8 Å². The van der Waals surface area contributed by atoms with Crippen LogP contribution in [0.25, 0.3) is 11.3 Å². The van der Waals surface area contributed by atoms with Gasteiger partial charge in [-0.15, -0.1) is 11.8 Å². The van der Waals surface area contributed by atoms with Crippen molar-refractivity contribution in [2.24, 2.45) is 5.73 Å². The van der Waals surface area contributed by atoms with Crippen LogP contribution in [-0.2, 0) is 10.5 Å². The lowest BCUT2D eigenvalue weighted by atomic mass is 10.2. The molecule has 1 aromatic heterocycles. The SMILES string of the molecule is CC(SCc1ncc(-c2ccc(Cl)cc2)o1)C(=O)NCC(F)(F)CN. The maximum atomic E-state index is 13.0. The molecule has 5 nitrogen and oxygen atoms in total. The lowest BCUT2D eigenvalue weighted by Gasteiger charge is -2.16. The zero-order valence-corrected chi connectivity index (χ0v) is 15.0. The molecule has 2 aromatic rings. The Morgan fingerprint density at radius 1 is 1.44 bits per heavy atom. The van der Waals surface area contributed by atoms with E-state index in [2.05, 4.69) is 10.3 Å². The van der Waals surface area contributed by atoms with Gasteiger partial charge in [-0.1, -0.05) is 11.6 Å². The lowest BCUT2D eigenvalue weighted by molar-refractivity contribution is -0.122. The number of hydrogen-bond acceptors (Lipinski definition) is 5. The van der Waals surface area contributed by atoms with E-state index in [1.54, 1.807) is 25.3 Å². The maximum absolute atomic E-state index is 13.0. The Morgan fingerprint density at radius 2 is 2.12 bits per heavy atom. The molecular formula is C16H18ClF2N3O2S. The van der Waals surface area contributed by atoms with Gasteiger partial charge < -0.3 is 15.5 Å². The van der Waals surface area contributed by atoms with Gasteiger partial charge in [0, 0.05) is 10.6 Å². The van der Waals surface area contributed by atoms with Gasteiger partial charge in [0.05, 0.1) is 30.3 Å². The molecular weight excluding hydrogens is 372 g/mol. The minimum Gasteiger partial charge on any atom is -0.440 e. The lowest BCUT2D eigenvalue weighted by Crippen LogP contribution is -2.43. The van der Waals surface area contributed by atoms with E-state index < -0.39 is 30.2 Å². The third kappa shape index (κ3) is 5.98. The highest BCUT2D eigenvalue weighted by atomic mass is 35.5. The number of rotatable bonds is 8. The van der Waals surface area contributed by atoms with Crippen molar-refractivity contribution in [1.82, 2.24) is 10.3 Å². The van der Waals surface area contributed by atoms with Gasteiger partial charge in [-0.05, 0) is 31.2 Å². The molecule has 0 aliphatic rings. The highest BCUT2D eigenvalue weighted by Gasteiger charge is 2.28. The van der Waals surface area contributed by atoms with E-state index in [1.807, 2.05) is 12.1 Å². The summed E-state index contributed by atoms with van der Waals surface area (Å²) in [5, 5.41) is 2.29. The number of thioether (sulfide) groups is 1. The number of benzene rings is 1. The van der Waals surface area contributed by atoms with Crippen molar-refractivity contribution >= 4 is 29.3 Å². The van der Waals surface area contributed by atoms with Crippen LogP contribution in [0.5, 0.6) is 0 Å². The standard InChI is InChI=1S/C16H18ClF2N3O2S/c1-10(15(23)22-9-16(18,19)8-20)25-7-14-21-6-13(24-14)11-2-4-12(17)5-3-11/h2-6,10H,7-9,20H2,1H3,(H,22,23). The molecule has 1 unspecified atom stereocenters. The first-order chi connectivity index (χ1) is 11.8. The van der Waals surface area contributed by atoms with Crippen LogP contribution < -0.4 is 11.1 Å². The van der Waals surface area contributed by atoms with E-state index in [0.717, 1.165) is 5.56 Å². The topological polar surface area (TPSA) is 81.2 Å². The van der Waals surface area contributed by atoms with Gasteiger partial charge in [0.2, 0.25) is 11.8 Å². The smallest absolute Gasteiger partial charge is 0.277 e. The molecule has 1 heterocycles. The first-order valence-electron chi connectivity index (χ1n) is 7.48. The van der Waals surface area contributed by atoms with Crippen LogP contribution in [0.4, 0.5) is 8.78 Å². The Hall–Kier alpha value is -1.64. The first-order valence-corrected chi connectivity index (χ1v) is 8.91. The normalized spacial score (nSPS) is 12.8. The number of nitrogens with one attached hydrogen (secondary N) is 1. The quantitative estimate of drug-likeness (QED) is 0.723. The highest BCUT2D eigenvalue weighted by molar-refractivity contribution is 7.99. The van der Waals surface area contributed by atoms with Crippen molar-refractivity contribution in [1.29, 1.82) is 0 Å². The van der Waals surface area contributed by atoms with E-state index in [9.17, 15) is 13.6 Å². The Labute approximate surface area is 153 Å². The molecule has 0 saturated carbocycles. The molecule has 2 rings (SSSR count). The summed E-state index contributed by atoms with van der Waals surface area (Å²) >= 11 is 7.08. The third-order valence-electron chi connectivity index (χ3n) is 3.33. The van der Waals surface area contributed by atoms with Crippen molar-refractivity contribution in [3.8, 4) is 11.3 Å². The maximum Gasteiger partial charge on any atom is 0.277 e. The van der Waals surface area contributed by atoms with Gasteiger partial charge >= 0.3 is 0 Å². The summed E-state index contributed by atoms with van der Waals surface area (Å²) in [5.41, 5.74) is 5.76. The van der Waals surface area contributed by atoms with Crippen LogP contribution in [-0.4, -0.2) is 35.2 Å². The predicted octanol–water partition coefficient (Wildman–Crippen LogP) is 3.33. The Morgan fingerprint density at radius 3 is 2.76 bits per heavy atom. The van der Waals surface area contributed by atoms with Gasteiger partial charge in [-0.3, -0.25) is 4.79 Å². The summed E-state index contributed by atoms with van der Waals surface area (Å²) in [6.45, 7) is 0.0508. The van der Waals surface area contributed by atoms with Crippen LogP contribution >= 0.6 is 23.4 Å². The summed E-state index contributed by atoms with van der Waals surface area (Å²) in [7, 11) is 0. The van der Waals surface area contributed by atoms with Gasteiger partial charge in [0.15, 0.2) is 5.76 Å². The molecule has 0 radical (unpaired) electrons. The molecule has 9 heteroatoms. The summed E-state index contributed by atoms with van der Waals surface area (Å²) in [5.74, 6) is -2.21. The van der Waals surface area contributed by atoms with Crippen molar-refractivity contribution in [3.63, 3.8) is 0 Å². The van der Waals surface area contributed by atoms with Gasteiger partial charge in [0.1, 0.15) is 0 Å². The molecule has 1 aromatic carbocycles. The predicted molar refractivity (Wildman–Crippen MR) is 94.7 cm³/mol. The fraction of sp³-hybridized carbons (Fsp3) is 0.375. The fourth-order valence-corrected chi connectivity index (χ4v) is 2.72. The molecule has 1 amide bonds. The van der Waals surface area contributed by atoms with E-state index in [1.165, 1.54) is 11.8 Å². The molecule has 0 aliphatic carbocycles. The summed E-state index contributed by atoms with van der Waals surface area (Å²) in [6, 6.07) is 7.12. The molecule has 0 bridgehead atoms. The van der Waals surface area contributed by atoms with E-state index in [4.69, 9.17) is 21.8 Å². The van der Waals surface area contributed by atoms with Crippen LogP contribution in [0.1, 0.15) is 12.8 Å². The molecule has 3 N–H and O–H groups in total. The third-order valence-corrected chi connectivity index (χ3v) is 4.71. The zero-order chi connectivity index (χ0) is 18.4. The van der Waals surface area contributed by atoms with Crippen LogP contribution in [0.2, 0.25) is 5.02 Å². The number of halogens is 3. The minimum atomic E-state index is -3.10. The Bertz CT molecular complexity index is 710. The molecule has 0 saturated heterocycles. The van der Waals surface area contributed by atoms with E-state index in [-0.39, 0.29) is 0 Å². The second kappa shape index (κ2) is 8.64. The van der Waals surface area contributed by atoms with Gasteiger partial charge in [0.25, 0.3) is 5.92 Å². The molecule has 1 atom stereocenters. The number of aromatic nitrogens is 1. The second-order valence-electron chi connectivity index (χ2n) is 5.36. The molecule has 0 fully saturated rings. The number of carbonyl (C=O) groups is 1. The summed E-state index contributed by atoms with van der Waals surface area (Å²) in [4.78, 5) is 16.0. The number of nitrogens with two attached hydrogens (primary N) is 1. The highest BCUT2D eigenvalue weighted by Crippen LogP contribution is 2.25. The number of amides is 1. The van der Waals surface area contributed by atoms with E-state index >= 15 is 0 Å². The number of hydrogen-bond donors (Lipinski definition) is 2. The summed E-state index contributed by atoms with van der Waals surface area (Å²) < 4.78 is 31.7. The number of oxazole rings is 1. The summed E-state index contributed by atoms with van der Waals surface area (Å²) in [6.07, 6.45) is 1.59. The number of carbonyl (C=O) groups excluding carboxylic acids is 1. The number of alkyl halides is 2. The number of nitrogens with zero attached hydrogens (tertiary/aromatic N) is 1. The zero-order valence-electron chi connectivity index (χ0n) is 13.5. The van der Waals surface area contributed by atoms with Crippen LogP contribution in [0, 0.1) is 0 Å². The van der Waals surface area contributed by atoms with Crippen molar-refractivity contribution < 1.29 is 18.0 Å². The Kier molecular flexibility index (Phi) is 6.80. The van der Waals surface area contributed by atoms with E-state index in [0.29, 0.717) is 22.4 Å². The van der Waals surface area contributed by atoms with Gasteiger partial charge in [-0.2, -0.15) is 0 Å². The van der Waals surface area contributed by atoms with Crippen LogP contribution in [0.3, 0.4) is 0 Å².